The number of ether oxygens (including phenoxy) is 2. The second-order valence-electron chi connectivity index (χ2n) is 8.58. The number of fused-ring (bicyclic) bond motifs is 1. The minimum atomic E-state index is 0.228. The molecule has 174 valence electrons. The quantitative estimate of drug-likeness (QED) is 0.522. The van der Waals surface area contributed by atoms with E-state index in [0.29, 0.717) is 24.5 Å². The number of likely N-dealkylation sites (tertiary alicyclic amines) is 1. The topological polar surface area (TPSA) is 71.3 Å². The zero-order valence-corrected chi connectivity index (χ0v) is 18.8. The summed E-state index contributed by atoms with van der Waals surface area (Å²) < 4.78 is 17.2. The highest BCUT2D eigenvalue weighted by atomic mass is 16.6. The molecule has 0 bridgehead atoms. The summed E-state index contributed by atoms with van der Waals surface area (Å²) in [5, 5.41) is 0. The van der Waals surface area contributed by atoms with Gasteiger partial charge in [-0.15, -0.1) is 0 Å². The SMILES string of the molecule is O=C(CN1CCN(CCOc2ccc(Oc3nc4ccccc4o3)cc2)CC1)N1CCCC1. The fourth-order valence-corrected chi connectivity index (χ4v) is 4.32. The van der Waals surface area contributed by atoms with Gasteiger partial charge in [-0.05, 0) is 49.2 Å². The van der Waals surface area contributed by atoms with Crippen molar-refractivity contribution < 1.29 is 18.7 Å². The maximum absolute atomic E-state index is 12.3. The number of benzene rings is 2. The number of carbonyl (C=O) groups is 1. The monoisotopic (exact) mass is 450 g/mol. The van der Waals surface area contributed by atoms with Gasteiger partial charge in [-0.1, -0.05) is 12.1 Å². The van der Waals surface area contributed by atoms with E-state index >= 15 is 0 Å². The zero-order valence-electron chi connectivity index (χ0n) is 18.8. The Bertz CT molecular complexity index is 1020. The first kappa shape index (κ1) is 21.7. The number of carbonyl (C=O) groups excluding carboxylic acids is 1. The Kier molecular flexibility index (Phi) is 6.73. The van der Waals surface area contributed by atoms with Crippen LogP contribution in [0, 0.1) is 0 Å². The molecule has 2 saturated heterocycles. The highest BCUT2D eigenvalue weighted by Crippen LogP contribution is 2.26. The fraction of sp³-hybridized carbons (Fsp3) is 0.440. The molecule has 2 aromatic carbocycles. The van der Waals surface area contributed by atoms with Crippen LogP contribution in [-0.4, -0.2) is 84.6 Å². The summed E-state index contributed by atoms with van der Waals surface area (Å²) in [6, 6.07) is 15.0. The fourth-order valence-electron chi connectivity index (χ4n) is 4.32. The first-order valence-electron chi connectivity index (χ1n) is 11.7. The van der Waals surface area contributed by atoms with E-state index in [4.69, 9.17) is 13.9 Å². The van der Waals surface area contributed by atoms with E-state index in [-0.39, 0.29) is 12.0 Å². The molecule has 0 unspecified atom stereocenters. The third-order valence-electron chi connectivity index (χ3n) is 6.26. The van der Waals surface area contributed by atoms with Crippen molar-refractivity contribution in [3.63, 3.8) is 0 Å². The molecule has 5 rings (SSSR count). The first-order chi connectivity index (χ1) is 16.2. The van der Waals surface area contributed by atoms with Gasteiger partial charge in [-0.3, -0.25) is 14.6 Å². The predicted octanol–water partition coefficient (Wildman–Crippen LogP) is 3.24. The molecule has 0 atom stereocenters. The lowest BCUT2D eigenvalue weighted by atomic mass is 10.3. The Morgan fingerprint density at radius 3 is 2.33 bits per heavy atom. The molecule has 3 aromatic rings. The van der Waals surface area contributed by atoms with Crippen molar-refractivity contribution in [3.05, 3.63) is 48.5 Å². The zero-order chi connectivity index (χ0) is 22.5. The van der Waals surface area contributed by atoms with E-state index in [1.54, 1.807) is 0 Å². The van der Waals surface area contributed by atoms with E-state index in [9.17, 15) is 4.79 Å². The second kappa shape index (κ2) is 10.2. The van der Waals surface area contributed by atoms with E-state index < -0.39 is 0 Å². The lowest BCUT2D eigenvalue weighted by Crippen LogP contribution is -2.50. The Morgan fingerprint density at radius 1 is 0.879 bits per heavy atom. The van der Waals surface area contributed by atoms with Gasteiger partial charge in [0, 0.05) is 45.8 Å². The van der Waals surface area contributed by atoms with Crippen LogP contribution in [0.1, 0.15) is 12.8 Å². The number of piperazine rings is 1. The number of aromatic nitrogens is 1. The molecule has 3 heterocycles. The summed E-state index contributed by atoms with van der Waals surface area (Å²) in [5.74, 6) is 1.73. The third kappa shape index (κ3) is 5.64. The number of amides is 1. The van der Waals surface area contributed by atoms with Gasteiger partial charge in [0.25, 0.3) is 0 Å². The number of hydrogen-bond donors (Lipinski definition) is 0. The number of rotatable bonds is 8. The van der Waals surface area contributed by atoms with Gasteiger partial charge in [-0.2, -0.15) is 4.98 Å². The van der Waals surface area contributed by atoms with Crippen molar-refractivity contribution in [3.8, 4) is 17.6 Å². The Morgan fingerprint density at radius 2 is 1.58 bits per heavy atom. The average Bonchev–Trinajstić information content (AvgIpc) is 3.51. The summed E-state index contributed by atoms with van der Waals surface area (Å²) in [6.45, 7) is 7.71. The third-order valence-corrected chi connectivity index (χ3v) is 6.26. The van der Waals surface area contributed by atoms with Crippen LogP contribution in [-0.2, 0) is 4.79 Å². The van der Waals surface area contributed by atoms with Gasteiger partial charge >= 0.3 is 6.08 Å². The van der Waals surface area contributed by atoms with Gasteiger partial charge in [0.2, 0.25) is 5.91 Å². The smallest absolute Gasteiger partial charge is 0.400 e. The minimum Gasteiger partial charge on any atom is -0.492 e. The minimum absolute atomic E-state index is 0.228. The van der Waals surface area contributed by atoms with E-state index in [2.05, 4.69) is 14.8 Å². The maximum atomic E-state index is 12.3. The van der Waals surface area contributed by atoms with Crippen LogP contribution in [0.4, 0.5) is 0 Å². The van der Waals surface area contributed by atoms with E-state index in [0.717, 1.165) is 69.9 Å². The van der Waals surface area contributed by atoms with Crippen molar-refractivity contribution in [2.75, 3.05) is 59.0 Å². The summed E-state index contributed by atoms with van der Waals surface area (Å²) in [4.78, 5) is 23.3. The van der Waals surface area contributed by atoms with Crippen LogP contribution < -0.4 is 9.47 Å². The molecular weight excluding hydrogens is 420 g/mol. The van der Waals surface area contributed by atoms with Crippen molar-refractivity contribution in [1.82, 2.24) is 19.7 Å². The Hall–Kier alpha value is -3.10. The number of para-hydroxylation sites is 2. The highest BCUT2D eigenvalue weighted by molar-refractivity contribution is 5.78. The molecule has 2 aliphatic heterocycles. The molecule has 8 heteroatoms. The van der Waals surface area contributed by atoms with Crippen LogP contribution in [0.2, 0.25) is 0 Å². The summed E-state index contributed by atoms with van der Waals surface area (Å²) in [6.07, 6.45) is 2.52. The molecule has 2 aliphatic rings. The van der Waals surface area contributed by atoms with Crippen LogP contribution >= 0.6 is 0 Å². The molecule has 33 heavy (non-hydrogen) atoms. The highest BCUT2D eigenvalue weighted by Gasteiger charge is 2.23. The normalized spacial score (nSPS) is 17.5. The van der Waals surface area contributed by atoms with Crippen molar-refractivity contribution in [1.29, 1.82) is 0 Å². The molecule has 0 N–H and O–H groups in total. The largest absolute Gasteiger partial charge is 0.492 e. The molecule has 8 nitrogen and oxygen atoms in total. The summed E-state index contributed by atoms with van der Waals surface area (Å²) in [5.41, 5.74) is 1.47. The molecule has 2 fully saturated rings. The molecule has 0 saturated carbocycles. The van der Waals surface area contributed by atoms with Crippen molar-refractivity contribution in [2.45, 2.75) is 12.8 Å². The van der Waals surface area contributed by atoms with Gasteiger partial charge in [0.05, 0.1) is 6.54 Å². The summed E-state index contributed by atoms with van der Waals surface area (Å²) >= 11 is 0. The lowest BCUT2D eigenvalue weighted by molar-refractivity contribution is -0.131. The lowest BCUT2D eigenvalue weighted by Gasteiger charge is -2.34. The maximum Gasteiger partial charge on any atom is 0.400 e. The Labute approximate surface area is 193 Å². The van der Waals surface area contributed by atoms with Crippen LogP contribution in [0.15, 0.2) is 52.9 Å². The van der Waals surface area contributed by atoms with Gasteiger partial charge in [0.1, 0.15) is 23.6 Å². The van der Waals surface area contributed by atoms with E-state index in [1.165, 1.54) is 0 Å². The van der Waals surface area contributed by atoms with Crippen LogP contribution in [0.5, 0.6) is 17.6 Å². The van der Waals surface area contributed by atoms with Crippen LogP contribution in [0.25, 0.3) is 11.1 Å². The standard InChI is InChI=1S/C25H30N4O4/c30-24(29-11-3-4-12-29)19-28-15-13-27(14-16-28)17-18-31-20-7-9-21(10-8-20)32-25-26-22-5-1-2-6-23(22)33-25/h1-2,5-10H,3-4,11-19H2. The van der Waals surface area contributed by atoms with Crippen molar-refractivity contribution in [2.24, 2.45) is 0 Å². The molecule has 1 aromatic heterocycles. The first-order valence-corrected chi connectivity index (χ1v) is 11.7. The number of nitrogens with zero attached hydrogens (tertiary/aromatic N) is 4. The summed E-state index contributed by atoms with van der Waals surface area (Å²) in [7, 11) is 0. The van der Waals surface area contributed by atoms with Gasteiger partial charge in [-0.25, -0.2) is 0 Å². The van der Waals surface area contributed by atoms with Crippen LogP contribution in [0.3, 0.4) is 0 Å². The van der Waals surface area contributed by atoms with Gasteiger partial charge in [0.15, 0.2) is 5.58 Å². The molecular formula is C25H30N4O4. The predicted molar refractivity (Wildman–Crippen MR) is 125 cm³/mol. The van der Waals surface area contributed by atoms with Gasteiger partial charge < -0.3 is 18.8 Å². The molecule has 0 aliphatic carbocycles. The van der Waals surface area contributed by atoms with E-state index in [1.807, 2.05) is 53.4 Å². The average molecular weight is 451 g/mol. The Balaban J connectivity index is 1.02. The second-order valence-corrected chi connectivity index (χ2v) is 8.58. The molecule has 1 amide bonds. The van der Waals surface area contributed by atoms with Crippen molar-refractivity contribution >= 4 is 17.0 Å². The molecule has 0 radical (unpaired) electrons. The number of oxazole rings is 1. The number of hydrogen-bond acceptors (Lipinski definition) is 7. The molecule has 0 spiro atoms.